The molecule has 0 atom stereocenters. The summed E-state index contributed by atoms with van der Waals surface area (Å²) in [5.74, 6) is -0.662. The fourth-order valence-corrected chi connectivity index (χ4v) is 5.77. The van der Waals surface area contributed by atoms with E-state index < -0.39 is 5.91 Å². The Morgan fingerprint density at radius 1 is 1.29 bits per heavy atom. The molecule has 4 aromatic rings. The lowest BCUT2D eigenvalue weighted by Gasteiger charge is -2.16. The number of thiophene rings is 1. The van der Waals surface area contributed by atoms with Crippen LogP contribution >= 0.6 is 22.9 Å². The Morgan fingerprint density at radius 3 is 2.86 bits per heavy atom. The Hall–Kier alpha value is -2.84. The van der Waals surface area contributed by atoms with E-state index in [1.54, 1.807) is 18.3 Å². The van der Waals surface area contributed by atoms with Gasteiger partial charge in [-0.25, -0.2) is 0 Å². The van der Waals surface area contributed by atoms with Crippen LogP contribution in [0.2, 0.25) is 5.02 Å². The van der Waals surface area contributed by atoms with Crippen LogP contribution in [0.1, 0.15) is 33.6 Å². The summed E-state index contributed by atoms with van der Waals surface area (Å²) in [5, 5.41) is 8.40. The summed E-state index contributed by atoms with van der Waals surface area (Å²) >= 11 is 7.92. The average Bonchev–Trinajstić information content (AvgIpc) is 3.27. The Labute approximate surface area is 167 Å². The summed E-state index contributed by atoms with van der Waals surface area (Å²) in [6.45, 7) is 0. The van der Waals surface area contributed by atoms with E-state index >= 15 is 0 Å². The lowest BCUT2D eigenvalue weighted by molar-refractivity contribution is 0.100. The minimum Gasteiger partial charge on any atom is -0.384 e. The van der Waals surface area contributed by atoms with Crippen LogP contribution in [0.15, 0.2) is 23.1 Å². The number of amides is 1. The molecular weight excluding hydrogens is 398 g/mol. The highest BCUT2D eigenvalue weighted by atomic mass is 35.5. The molecule has 1 aromatic carbocycles. The van der Waals surface area contributed by atoms with Crippen LogP contribution in [-0.4, -0.2) is 20.7 Å². The fourth-order valence-electron chi connectivity index (χ4n) is 4.08. The number of hydrogen-bond donors (Lipinski definition) is 3. The molecule has 0 saturated heterocycles. The second kappa shape index (κ2) is 6.08. The third-order valence-corrected chi connectivity index (χ3v) is 6.94. The van der Waals surface area contributed by atoms with Crippen molar-refractivity contribution >= 4 is 55.7 Å². The minimum atomic E-state index is -0.662. The van der Waals surface area contributed by atoms with Gasteiger partial charge in [-0.2, -0.15) is 5.10 Å². The van der Waals surface area contributed by atoms with Crippen LogP contribution in [0.4, 0.5) is 5.82 Å². The number of carbonyl (C=O) groups is 1. The number of carbonyl (C=O) groups excluding carboxylic acids is 1. The molecule has 0 fully saturated rings. The third kappa shape index (κ3) is 2.25. The van der Waals surface area contributed by atoms with Crippen molar-refractivity contribution in [1.29, 1.82) is 0 Å². The maximum absolute atomic E-state index is 13.6. The van der Waals surface area contributed by atoms with E-state index in [0.717, 1.165) is 36.1 Å². The Kier molecular flexibility index (Phi) is 3.75. The number of nitrogens with two attached hydrogens (primary N) is 2. The van der Waals surface area contributed by atoms with Gasteiger partial charge in [0.05, 0.1) is 38.1 Å². The molecule has 1 amide bonds. The predicted octanol–water partition coefficient (Wildman–Crippen LogP) is 3.14. The number of aromatic amines is 1. The average molecular weight is 414 g/mol. The lowest BCUT2D eigenvalue weighted by atomic mass is 9.96. The molecular formula is C19H16ClN5O2S. The Bertz CT molecular complexity index is 1350. The summed E-state index contributed by atoms with van der Waals surface area (Å²) in [4.78, 5) is 27.1. The quantitative estimate of drug-likeness (QED) is 0.467. The molecule has 7 nitrogen and oxygen atoms in total. The van der Waals surface area contributed by atoms with E-state index in [0.29, 0.717) is 31.7 Å². The molecule has 0 bridgehead atoms. The molecule has 3 heterocycles. The first-order chi connectivity index (χ1) is 13.5. The van der Waals surface area contributed by atoms with Gasteiger partial charge in [0, 0.05) is 10.3 Å². The minimum absolute atomic E-state index is 0.000744. The number of aromatic nitrogens is 3. The molecule has 0 spiro atoms. The molecule has 5 rings (SSSR count). The number of benzene rings is 1. The Morgan fingerprint density at radius 2 is 2.07 bits per heavy atom. The zero-order valence-corrected chi connectivity index (χ0v) is 16.3. The number of rotatable bonds is 2. The molecule has 0 radical (unpaired) electrons. The molecule has 3 aromatic heterocycles. The fraction of sp³-hybridized carbons (Fsp3) is 0.211. The van der Waals surface area contributed by atoms with Crippen molar-refractivity contribution in [3.63, 3.8) is 0 Å². The highest BCUT2D eigenvalue weighted by Gasteiger charge is 2.28. The maximum atomic E-state index is 13.6. The molecule has 0 unspecified atom stereocenters. The second-order valence-corrected chi connectivity index (χ2v) is 8.42. The number of halogens is 1. The Balaban J connectivity index is 2.00. The third-order valence-electron chi connectivity index (χ3n) is 5.33. The van der Waals surface area contributed by atoms with Crippen LogP contribution in [0, 0.1) is 0 Å². The number of aryl methyl sites for hydroxylation is 2. The first kappa shape index (κ1) is 17.3. The second-order valence-electron chi connectivity index (χ2n) is 6.91. The van der Waals surface area contributed by atoms with Crippen LogP contribution in [0.3, 0.4) is 0 Å². The van der Waals surface area contributed by atoms with Gasteiger partial charge in [-0.1, -0.05) is 11.6 Å². The van der Waals surface area contributed by atoms with Crippen LogP contribution in [0.5, 0.6) is 0 Å². The monoisotopic (exact) mass is 413 g/mol. The van der Waals surface area contributed by atoms with Crippen LogP contribution < -0.4 is 17.0 Å². The standard InChI is InChI=1S/C19H16ClN5O2S/c20-10-5-6-11-9(7-23-24-11)15(10)25-17(21)14(18(22)26)16-13(19(25)27)8-3-1-2-4-12(8)28-16/h5-7H,1-4,21H2,(H2,22,26)(H,23,24). The summed E-state index contributed by atoms with van der Waals surface area (Å²) < 4.78 is 1.89. The number of pyridine rings is 1. The van der Waals surface area contributed by atoms with E-state index in [9.17, 15) is 9.59 Å². The molecule has 5 N–H and O–H groups in total. The molecule has 28 heavy (non-hydrogen) atoms. The van der Waals surface area contributed by atoms with Gasteiger partial charge in [-0.15, -0.1) is 11.3 Å². The SMILES string of the molecule is NC(=O)c1c(N)n(-c2c(Cl)ccc3[nH]ncc23)c(=O)c2c3c(sc12)CCCC3. The molecule has 1 aliphatic carbocycles. The zero-order valence-electron chi connectivity index (χ0n) is 14.7. The number of nitrogen functional groups attached to an aromatic ring is 1. The number of nitrogens with zero attached hydrogens (tertiary/aromatic N) is 2. The van der Waals surface area contributed by atoms with Crippen molar-refractivity contribution in [2.24, 2.45) is 5.73 Å². The first-order valence-corrected chi connectivity index (χ1v) is 10.1. The number of hydrogen-bond acceptors (Lipinski definition) is 5. The van der Waals surface area contributed by atoms with Crippen molar-refractivity contribution in [3.8, 4) is 5.69 Å². The highest BCUT2D eigenvalue weighted by Crippen LogP contribution is 2.39. The number of fused-ring (bicyclic) bond motifs is 4. The van der Waals surface area contributed by atoms with Gasteiger partial charge in [0.15, 0.2) is 0 Å². The van der Waals surface area contributed by atoms with Crippen molar-refractivity contribution in [2.75, 3.05) is 5.73 Å². The van der Waals surface area contributed by atoms with Gasteiger partial charge in [0.25, 0.3) is 11.5 Å². The van der Waals surface area contributed by atoms with Crippen molar-refractivity contribution in [1.82, 2.24) is 14.8 Å². The van der Waals surface area contributed by atoms with Crippen LogP contribution in [-0.2, 0) is 12.8 Å². The molecule has 1 aliphatic rings. The van der Waals surface area contributed by atoms with Crippen LogP contribution in [0.25, 0.3) is 26.7 Å². The predicted molar refractivity (Wildman–Crippen MR) is 112 cm³/mol. The topological polar surface area (TPSA) is 120 Å². The number of anilines is 1. The lowest BCUT2D eigenvalue weighted by Crippen LogP contribution is -2.27. The van der Waals surface area contributed by atoms with Gasteiger partial charge >= 0.3 is 0 Å². The molecule has 0 aliphatic heterocycles. The summed E-state index contributed by atoms with van der Waals surface area (Å²) in [6.07, 6.45) is 5.35. The van der Waals surface area contributed by atoms with Gasteiger partial charge in [-0.05, 0) is 43.4 Å². The smallest absolute Gasteiger partial charge is 0.265 e. The number of H-pyrrole nitrogens is 1. The summed E-state index contributed by atoms with van der Waals surface area (Å²) in [7, 11) is 0. The van der Waals surface area contributed by atoms with E-state index in [-0.39, 0.29) is 16.9 Å². The molecule has 9 heteroatoms. The van der Waals surface area contributed by atoms with Gasteiger partial charge in [-0.3, -0.25) is 19.3 Å². The van der Waals surface area contributed by atoms with Crippen molar-refractivity contribution in [3.05, 3.63) is 49.7 Å². The van der Waals surface area contributed by atoms with Gasteiger partial charge < -0.3 is 11.5 Å². The van der Waals surface area contributed by atoms with E-state index in [1.165, 1.54) is 15.9 Å². The summed E-state index contributed by atoms with van der Waals surface area (Å²) in [5.41, 5.74) is 14.0. The normalized spacial score (nSPS) is 13.9. The zero-order chi connectivity index (χ0) is 19.6. The summed E-state index contributed by atoms with van der Waals surface area (Å²) in [6, 6.07) is 3.44. The number of primary amides is 1. The highest BCUT2D eigenvalue weighted by molar-refractivity contribution is 7.19. The molecule has 0 saturated carbocycles. The molecule has 142 valence electrons. The van der Waals surface area contributed by atoms with Gasteiger partial charge in [0.2, 0.25) is 0 Å². The van der Waals surface area contributed by atoms with E-state index in [1.807, 2.05) is 0 Å². The van der Waals surface area contributed by atoms with E-state index in [4.69, 9.17) is 23.1 Å². The van der Waals surface area contributed by atoms with Crippen molar-refractivity contribution in [2.45, 2.75) is 25.7 Å². The first-order valence-electron chi connectivity index (χ1n) is 8.89. The van der Waals surface area contributed by atoms with Gasteiger partial charge in [0.1, 0.15) is 5.82 Å². The largest absolute Gasteiger partial charge is 0.384 e. The maximum Gasteiger partial charge on any atom is 0.265 e. The van der Waals surface area contributed by atoms with E-state index in [2.05, 4.69) is 10.2 Å². The van der Waals surface area contributed by atoms with Crippen molar-refractivity contribution < 1.29 is 4.79 Å². The number of nitrogens with one attached hydrogen (secondary N) is 1.